The largest absolute Gasteiger partial charge is 0.466 e. The molecule has 1 aromatic carbocycles. The third-order valence-corrected chi connectivity index (χ3v) is 1.92. The van der Waals surface area contributed by atoms with E-state index in [1.807, 2.05) is 19.1 Å². The number of benzene rings is 1. The second kappa shape index (κ2) is 5.25. The van der Waals surface area contributed by atoms with Gasteiger partial charge in [0.15, 0.2) is 6.79 Å². The standard InChI is InChI=1S/C11H13NO2/c1-3-9-5-4-6-10(7-12)11(9)14-8-13-2/h4-6H,3,8H2,1-2H3. The Bertz CT molecular complexity index is 342. The monoisotopic (exact) mass is 191 g/mol. The van der Waals surface area contributed by atoms with Crippen LogP contribution in [0, 0.1) is 11.3 Å². The lowest BCUT2D eigenvalue weighted by Gasteiger charge is -2.10. The second-order valence-electron chi connectivity index (χ2n) is 2.81. The SMILES string of the molecule is CCc1cccc(C#N)c1OCOC. The lowest BCUT2D eigenvalue weighted by Crippen LogP contribution is -2.03. The molecule has 0 saturated carbocycles. The van der Waals surface area contributed by atoms with Crippen LogP contribution in [0.4, 0.5) is 0 Å². The fourth-order valence-corrected chi connectivity index (χ4v) is 1.24. The van der Waals surface area contributed by atoms with E-state index in [-0.39, 0.29) is 6.79 Å². The van der Waals surface area contributed by atoms with Gasteiger partial charge in [0.25, 0.3) is 0 Å². The average molecular weight is 191 g/mol. The van der Waals surface area contributed by atoms with Gasteiger partial charge in [-0.1, -0.05) is 19.1 Å². The van der Waals surface area contributed by atoms with Crippen molar-refractivity contribution in [2.24, 2.45) is 0 Å². The summed E-state index contributed by atoms with van der Waals surface area (Å²) in [7, 11) is 1.56. The van der Waals surface area contributed by atoms with Crippen LogP contribution in [0.1, 0.15) is 18.1 Å². The van der Waals surface area contributed by atoms with Crippen LogP contribution in [0.2, 0.25) is 0 Å². The highest BCUT2D eigenvalue weighted by Crippen LogP contribution is 2.23. The number of nitriles is 1. The third kappa shape index (κ3) is 2.24. The highest BCUT2D eigenvalue weighted by Gasteiger charge is 2.07. The van der Waals surface area contributed by atoms with Crippen molar-refractivity contribution < 1.29 is 9.47 Å². The number of para-hydroxylation sites is 1. The molecule has 0 aliphatic carbocycles. The Morgan fingerprint density at radius 2 is 2.21 bits per heavy atom. The van der Waals surface area contributed by atoms with E-state index in [0.717, 1.165) is 12.0 Å². The first-order valence-corrected chi connectivity index (χ1v) is 4.47. The summed E-state index contributed by atoms with van der Waals surface area (Å²) in [5.74, 6) is 0.638. The number of aryl methyl sites for hydroxylation is 1. The van der Waals surface area contributed by atoms with Crippen molar-refractivity contribution in [2.75, 3.05) is 13.9 Å². The van der Waals surface area contributed by atoms with Gasteiger partial charge in [0.05, 0.1) is 5.56 Å². The van der Waals surface area contributed by atoms with Crippen molar-refractivity contribution in [3.63, 3.8) is 0 Å². The molecule has 0 bridgehead atoms. The number of ether oxygens (including phenoxy) is 2. The van der Waals surface area contributed by atoms with E-state index >= 15 is 0 Å². The Balaban J connectivity index is 3.01. The number of methoxy groups -OCH3 is 1. The molecule has 0 aliphatic heterocycles. The fraction of sp³-hybridized carbons (Fsp3) is 0.364. The zero-order valence-electron chi connectivity index (χ0n) is 8.41. The fourth-order valence-electron chi connectivity index (χ4n) is 1.24. The molecule has 0 aromatic heterocycles. The molecule has 0 saturated heterocycles. The molecule has 0 heterocycles. The van der Waals surface area contributed by atoms with E-state index in [0.29, 0.717) is 11.3 Å². The van der Waals surface area contributed by atoms with Gasteiger partial charge in [-0.25, -0.2) is 0 Å². The van der Waals surface area contributed by atoms with Gasteiger partial charge >= 0.3 is 0 Å². The van der Waals surface area contributed by atoms with Gasteiger partial charge in [0.2, 0.25) is 0 Å². The van der Waals surface area contributed by atoms with Gasteiger partial charge in [-0.05, 0) is 18.1 Å². The van der Waals surface area contributed by atoms with Crippen molar-refractivity contribution >= 4 is 0 Å². The van der Waals surface area contributed by atoms with E-state index in [9.17, 15) is 0 Å². The number of hydrogen-bond donors (Lipinski definition) is 0. The van der Waals surface area contributed by atoms with Crippen LogP contribution in [-0.2, 0) is 11.2 Å². The summed E-state index contributed by atoms with van der Waals surface area (Å²) < 4.78 is 10.2. The molecule has 0 spiro atoms. The minimum absolute atomic E-state index is 0.172. The Labute approximate surface area is 83.9 Å². The summed E-state index contributed by atoms with van der Waals surface area (Å²) in [6, 6.07) is 7.65. The van der Waals surface area contributed by atoms with Crippen LogP contribution < -0.4 is 4.74 Å². The number of nitrogens with zero attached hydrogens (tertiary/aromatic N) is 1. The van der Waals surface area contributed by atoms with Crippen LogP contribution in [0.15, 0.2) is 18.2 Å². The normalized spacial score (nSPS) is 9.50. The molecule has 0 amide bonds. The maximum absolute atomic E-state index is 8.87. The first kappa shape index (κ1) is 10.6. The van der Waals surface area contributed by atoms with Gasteiger partial charge in [0.1, 0.15) is 11.8 Å². The predicted octanol–water partition coefficient (Wildman–Crippen LogP) is 2.10. The summed E-state index contributed by atoms with van der Waals surface area (Å²) >= 11 is 0. The molecule has 0 radical (unpaired) electrons. The minimum atomic E-state index is 0.172. The van der Waals surface area contributed by atoms with Gasteiger partial charge < -0.3 is 9.47 Å². The second-order valence-corrected chi connectivity index (χ2v) is 2.81. The Hall–Kier alpha value is -1.53. The molecule has 0 fully saturated rings. The number of rotatable bonds is 4. The van der Waals surface area contributed by atoms with Gasteiger partial charge in [-0.3, -0.25) is 0 Å². The highest BCUT2D eigenvalue weighted by atomic mass is 16.7. The highest BCUT2D eigenvalue weighted by molar-refractivity contribution is 5.48. The first-order chi connectivity index (χ1) is 6.83. The molecule has 0 N–H and O–H groups in total. The molecule has 0 atom stereocenters. The smallest absolute Gasteiger partial charge is 0.188 e. The third-order valence-electron chi connectivity index (χ3n) is 1.92. The summed E-state index contributed by atoms with van der Waals surface area (Å²) in [5.41, 5.74) is 1.59. The Morgan fingerprint density at radius 3 is 2.79 bits per heavy atom. The van der Waals surface area contributed by atoms with Gasteiger partial charge in [0, 0.05) is 7.11 Å². The van der Waals surface area contributed by atoms with Gasteiger partial charge in [-0.2, -0.15) is 5.26 Å². The molecule has 3 heteroatoms. The molecule has 74 valence electrons. The zero-order chi connectivity index (χ0) is 10.4. The molecule has 14 heavy (non-hydrogen) atoms. The topological polar surface area (TPSA) is 42.2 Å². The summed E-state index contributed by atoms with van der Waals surface area (Å²) in [6.07, 6.45) is 0.842. The van der Waals surface area contributed by atoms with Crippen LogP contribution in [0.3, 0.4) is 0 Å². The summed E-state index contributed by atoms with van der Waals surface area (Å²) in [5, 5.41) is 8.87. The predicted molar refractivity (Wildman–Crippen MR) is 53.0 cm³/mol. The number of hydrogen-bond acceptors (Lipinski definition) is 3. The zero-order valence-corrected chi connectivity index (χ0v) is 8.41. The van der Waals surface area contributed by atoms with Crippen molar-refractivity contribution in [1.82, 2.24) is 0 Å². The van der Waals surface area contributed by atoms with Crippen molar-refractivity contribution in [1.29, 1.82) is 5.26 Å². The quantitative estimate of drug-likeness (QED) is 0.684. The first-order valence-electron chi connectivity index (χ1n) is 4.47. The molecule has 1 aromatic rings. The van der Waals surface area contributed by atoms with E-state index in [1.165, 1.54) is 0 Å². The molecule has 0 unspecified atom stereocenters. The van der Waals surface area contributed by atoms with Crippen LogP contribution in [0.5, 0.6) is 5.75 Å². The maximum Gasteiger partial charge on any atom is 0.188 e. The van der Waals surface area contributed by atoms with Crippen LogP contribution >= 0.6 is 0 Å². The van der Waals surface area contributed by atoms with E-state index < -0.39 is 0 Å². The Kier molecular flexibility index (Phi) is 3.96. The van der Waals surface area contributed by atoms with Gasteiger partial charge in [-0.15, -0.1) is 0 Å². The molecular formula is C11H13NO2. The van der Waals surface area contributed by atoms with E-state index in [4.69, 9.17) is 14.7 Å². The molecular weight excluding hydrogens is 178 g/mol. The molecule has 1 rings (SSSR count). The van der Waals surface area contributed by atoms with E-state index in [2.05, 4.69) is 6.07 Å². The lowest BCUT2D eigenvalue weighted by molar-refractivity contribution is 0.0502. The Morgan fingerprint density at radius 1 is 1.43 bits per heavy atom. The van der Waals surface area contributed by atoms with Crippen molar-refractivity contribution in [3.8, 4) is 11.8 Å². The molecule has 0 aliphatic rings. The van der Waals surface area contributed by atoms with Crippen molar-refractivity contribution in [3.05, 3.63) is 29.3 Å². The van der Waals surface area contributed by atoms with E-state index in [1.54, 1.807) is 13.2 Å². The summed E-state index contributed by atoms with van der Waals surface area (Å²) in [6.45, 7) is 2.20. The summed E-state index contributed by atoms with van der Waals surface area (Å²) in [4.78, 5) is 0. The van der Waals surface area contributed by atoms with Crippen LogP contribution in [0.25, 0.3) is 0 Å². The van der Waals surface area contributed by atoms with Crippen LogP contribution in [-0.4, -0.2) is 13.9 Å². The minimum Gasteiger partial charge on any atom is -0.466 e. The lowest BCUT2D eigenvalue weighted by atomic mass is 10.1. The maximum atomic E-state index is 8.87. The van der Waals surface area contributed by atoms with Crippen molar-refractivity contribution in [2.45, 2.75) is 13.3 Å². The average Bonchev–Trinajstić information content (AvgIpc) is 2.25. The molecule has 3 nitrogen and oxygen atoms in total.